The van der Waals surface area contributed by atoms with E-state index in [2.05, 4.69) is 15.4 Å². The van der Waals surface area contributed by atoms with Gasteiger partial charge in [0.15, 0.2) is 5.96 Å². The van der Waals surface area contributed by atoms with Crippen molar-refractivity contribution in [3.8, 4) is 0 Å². The zero-order chi connectivity index (χ0) is 19.1. The first-order valence-corrected chi connectivity index (χ1v) is 9.01. The van der Waals surface area contributed by atoms with E-state index in [0.29, 0.717) is 32.8 Å². The van der Waals surface area contributed by atoms with Crippen LogP contribution in [-0.2, 0) is 23.0 Å². The molecule has 0 aromatic carbocycles. The van der Waals surface area contributed by atoms with Gasteiger partial charge in [-0.05, 0) is 12.1 Å². The SMILES string of the molecule is COCCN=C(NCCc1ccco1)N1CCN(c2cnn(C)c2)C(=O)C1.I. The summed E-state index contributed by atoms with van der Waals surface area (Å²) in [6, 6.07) is 3.82. The van der Waals surface area contributed by atoms with Gasteiger partial charge in [0.1, 0.15) is 12.3 Å². The molecule has 1 amide bonds. The van der Waals surface area contributed by atoms with Crippen LogP contribution in [0.2, 0.25) is 0 Å². The lowest BCUT2D eigenvalue weighted by atomic mass is 10.3. The molecule has 0 atom stereocenters. The molecule has 1 saturated heterocycles. The van der Waals surface area contributed by atoms with E-state index in [9.17, 15) is 4.79 Å². The molecule has 1 aliphatic heterocycles. The Labute approximate surface area is 181 Å². The van der Waals surface area contributed by atoms with Gasteiger partial charge in [-0.15, -0.1) is 24.0 Å². The van der Waals surface area contributed by atoms with Crippen LogP contribution in [0, 0.1) is 0 Å². The molecule has 9 nitrogen and oxygen atoms in total. The number of nitrogens with zero attached hydrogens (tertiary/aromatic N) is 5. The smallest absolute Gasteiger partial charge is 0.246 e. The molecule has 3 heterocycles. The number of halogens is 1. The number of aryl methyl sites for hydroxylation is 1. The Bertz CT molecular complexity index is 761. The van der Waals surface area contributed by atoms with Gasteiger partial charge in [0, 0.05) is 46.4 Å². The van der Waals surface area contributed by atoms with Gasteiger partial charge in [0.2, 0.25) is 5.91 Å². The Kier molecular flexibility index (Phi) is 8.77. The lowest BCUT2D eigenvalue weighted by Gasteiger charge is -2.35. The second-order valence-corrected chi connectivity index (χ2v) is 6.29. The van der Waals surface area contributed by atoms with Gasteiger partial charge < -0.3 is 24.3 Å². The number of furan rings is 1. The summed E-state index contributed by atoms with van der Waals surface area (Å²) < 4.78 is 12.1. The molecule has 1 aliphatic rings. The number of hydrogen-bond acceptors (Lipinski definition) is 5. The summed E-state index contributed by atoms with van der Waals surface area (Å²) in [6.07, 6.45) is 5.98. The van der Waals surface area contributed by atoms with Crippen molar-refractivity contribution < 1.29 is 13.9 Å². The summed E-state index contributed by atoms with van der Waals surface area (Å²) in [5, 5.41) is 7.48. The Morgan fingerprint density at radius 2 is 2.29 bits per heavy atom. The largest absolute Gasteiger partial charge is 0.469 e. The number of ether oxygens (including phenoxy) is 1. The maximum absolute atomic E-state index is 12.6. The van der Waals surface area contributed by atoms with Gasteiger partial charge in [-0.1, -0.05) is 0 Å². The number of carbonyl (C=O) groups is 1. The van der Waals surface area contributed by atoms with E-state index in [4.69, 9.17) is 9.15 Å². The molecule has 0 saturated carbocycles. The van der Waals surface area contributed by atoms with E-state index in [0.717, 1.165) is 23.8 Å². The Morgan fingerprint density at radius 1 is 1.43 bits per heavy atom. The summed E-state index contributed by atoms with van der Waals surface area (Å²) in [7, 11) is 3.49. The van der Waals surface area contributed by atoms with Gasteiger partial charge in [0.25, 0.3) is 0 Å². The highest BCUT2D eigenvalue weighted by atomic mass is 127. The maximum Gasteiger partial charge on any atom is 0.246 e. The molecule has 3 rings (SSSR count). The zero-order valence-electron chi connectivity index (χ0n) is 16.2. The zero-order valence-corrected chi connectivity index (χ0v) is 18.5. The van der Waals surface area contributed by atoms with Crippen LogP contribution in [0.15, 0.2) is 40.2 Å². The number of guanidine groups is 1. The summed E-state index contributed by atoms with van der Waals surface area (Å²) in [4.78, 5) is 21.0. The third kappa shape index (κ3) is 5.96. The molecule has 0 unspecified atom stereocenters. The molecule has 0 spiro atoms. The van der Waals surface area contributed by atoms with E-state index in [1.807, 2.05) is 30.3 Å². The number of anilines is 1. The van der Waals surface area contributed by atoms with Crippen LogP contribution >= 0.6 is 24.0 Å². The fourth-order valence-electron chi connectivity index (χ4n) is 2.94. The number of carbonyl (C=O) groups excluding carboxylic acids is 1. The van der Waals surface area contributed by atoms with E-state index in [1.165, 1.54) is 0 Å². The fourth-order valence-corrected chi connectivity index (χ4v) is 2.94. The molecule has 0 radical (unpaired) electrons. The van der Waals surface area contributed by atoms with Gasteiger partial charge in [-0.3, -0.25) is 14.5 Å². The normalized spacial score (nSPS) is 14.9. The Balaban J connectivity index is 0.00000280. The topological polar surface area (TPSA) is 88.1 Å². The van der Waals surface area contributed by atoms with E-state index in [1.54, 1.807) is 29.2 Å². The molecule has 10 heteroatoms. The number of hydrogen-bond donors (Lipinski definition) is 1. The quantitative estimate of drug-likeness (QED) is 0.264. The molecule has 1 N–H and O–H groups in total. The maximum atomic E-state index is 12.6. The van der Waals surface area contributed by atoms with Crippen molar-refractivity contribution in [1.82, 2.24) is 20.0 Å². The molecule has 28 heavy (non-hydrogen) atoms. The first kappa shape index (κ1) is 22.2. The lowest BCUT2D eigenvalue weighted by molar-refractivity contribution is -0.120. The third-order valence-corrected chi connectivity index (χ3v) is 4.31. The third-order valence-electron chi connectivity index (χ3n) is 4.31. The van der Waals surface area contributed by atoms with E-state index in [-0.39, 0.29) is 36.4 Å². The average Bonchev–Trinajstić information content (AvgIpc) is 3.32. The van der Waals surface area contributed by atoms with Crippen molar-refractivity contribution in [3.05, 3.63) is 36.5 Å². The predicted octanol–water partition coefficient (Wildman–Crippen LogP) is 1.11. The lowest BCUT2D eigenvalue weighted by Crippen LogP contribution is -2.55. The monoisotopic (exact) mass is 502 g/mol. The van der Waals surface area contributed by atoms with Crippen LogP contribution in [-0.4, -0.2) is 73.0 Å². The van der Waals surface area contributed by atoms with E-state index >= 15 is 0 Å². The second kappa shape index (κ2) is 11.1. The van der Waals surface area contributed by atoms with Gasteiger partial charge in [0.05, 0.1) is 31.3 Å². The average molecular weight is 502 g/mol. The molecule has 154 valence electrons. The van der Waals surface area contributed by atoms with Crippen LogP contribution in [0.1, 0.15) is 5.76 Å². The number of aromatic nitrogens is 2. The van der Waals surface area contributed by atoms with Crippen molar-refractivity contribution in [1.29, 1.82) is 0 Å². The summed E-state index contributed by atoms with van der Waals surface area (Å²) in [6.45, 7) is 3.31. The minimum Gasteiger partial charge on any atom is -0.469 e. The fraction of sp³-hybridized carbons (Fsp3) is 0.500. The number of methoxy groups -OCH3 is 1. The first-order valence-electron chi connectivity index (χ1n) is 9.01. The second-order valence-electron chi connectivity index (χ2n) is 6.29. The molecule has 1 fully saturated rings. The number of rotatable bonds is 7. The van der Waals surface area contributed by atoms with Crippen LogP contribution < -0.4 is 10.2 Å². The summed E-state index contributed by atoms with van der Waals surface area (Å²) in [5.41, 5.74) is 0.825. The van der Waals surface area contributed by atoms with Crippen LogP contribution in [0.4, 0.5) is 5.69 Å². The van der Waals surface area contributed by atoms with E-state index < -0.39 is 0 Å². The van der Waals surface area contributed by atoms with Crippen LogP contribution in [0.25, 0.3) is 0 Å². The standard InChI is InChI=1S/C18H26N6O3.HI/c1-22-13-15(12-21-22)24-9-8-23(14-17(24)25)18(20-7-11-26-2)19-6-5-16-4-3-10-27-16;/h3-4,10,12-13H,5-9,11,14H2,1-2H3,(H,19,20);1H. The molecule has 2 aromatic rings. The van der Waals surface area contributed by atoms with Crippen LogP contribution in [0.3, 0.4) is 0 Å². The van der Waals surface area contributed by atoms with Gasteiger partial charge >= 0.3 is 0 Å². The van der Waals surface area contributed by atoms with Crippen molar-refractivity contribution in [2.45, 2.75) is 6.42 Å². The molecule has 0 bridgehead atoms. The van der Waals surface area contributed by atoms with Crippen LogP contribution in [0.5, 0.6) is 0 Å². The Hall–Kier alpha value is -2.08. The van der Waals surface area contributed by atoms with Crippen molar-refractivity contribution in [2.24, 2.45) is 12.0 Å². The number of aliphatic imine (C=N–C) groups is 1. The van der Waals surface area contributed by atoms with Crippen molar-refractivity contribution in [2.75, 3.05) is 51.3 Å². The molecular formula is C18H27IN6O3. The number of nitrogens with one attached hydrogen (secondary N) is 1. The first-order chi connectivity index (χ1) is 13.2. The predicted molar refractivity (Wildman–Crippen MR) is 117 cm³/mol. The highest BCUT2D eigenvalue weighted by molar-refractivity contribution is 14.0. The minimum atomic E-state index is 0. The summed E-state index contributed by atoms with van der Waals surface area (Å²) in [5.74, 6) is 1.66. The molecule has 2 aromatic heterocycles. The summed E-state index contributed by atoms with van der Waals surface area (Å²) >= 11 is 0. The van der Waals surface area contributed by atoms with Gasteiger partial charge in [-0.25, -0.2) is 0 Å². The number of piperazine rings is 1. The van der Waals surface area contributed by atoms with Gasteiger partial charge in [-0.2, -0.15) is 5.10 Å². The molecular weight excluding hydrogens is 475 g/mol. The highest BCUT2D eigenvalue weighted by Gasteiger charge is 2.27. The van der Waals surface area contributed by atoms with Crippen molar-refractivity contribution >= 4 is 41.5 Å². The highest BCUT2D eigenvalue weighted by Crippen LogP contribution is 2.16. The minimum absolute atomic E-state index is 0. The molecule has 0 aliphatic carbocycles. The van der Waals surface area contributed by atoms with Crippen molar-refractivity contribution in [3.63, 3.8) is 0 Å². The Morgan fingerprint density at radius 3 is 2.93 bits per heavy atom. The number of amides is 1.